The maximum atomic E-state index is 9.40. The number of rotatable bonds is 4. The first-order valence-corrected chi connectivity index (χ1v) is 6.08. The Balaban J connectivity index is 2.19. The molecule has 0 radical (unpaired) electrons. The molecule has 2 rings (SSSR count). The Bertz CT molecular complexity index is 582. The van der Waals surface area contributed by atoms with Crippen molar-refractivity contribution in [2.75, 3.05) is 0 Å². The molecule has 0 saturated carbocycles. The van der Waals surface area contributed by atoms with Gasteiger partial charge in [0.15, 0.2) is 0 Å². The van der Waals surface area contributed by atoms with Crippen LogP contribution in [0.25, 0.3) is 6.08 Å². The van der Waals surface area contributed by atoms with Crippen molar-refractivity contribution in [1.29, 1.82) is 0 Å². The summed E-state index contributed by atoms with van der Waals surface area (Å²) in [4.78, 5) is 0. The van der Waals surface area contributed by atoms with Crippen molar-refractivity contribution in [1.82, 2.24) is 0 Å². The quantitative estimate of drug-likeness (QED) is 0.805. The van der Waals surface area contributed by atoms with Gasteiger partial charge < -0.3 is 10.2 Å². The van der Waals surface area contributed by atoms with Gasteiger partial charge in [-0.15, -0.1) is 6.58 Å². The highest BCUT2D eigenvalue weighted by molar-refractivity contribution is 5.53. The smallest absolute Gasteiger partial charge is 0.116 e. The molecule has 0 heterocycles. The first kappa shape index (κ1) is 13.0. The zero-order valence-corrected chi connectivity index (χ0v) is 10.5. The van der Waals surface area contributed by atoms with Gasteiger partial charge in [0.1, 0.15) is 11.5 Å². The van der Waals surface area contributed by atoms with Crippen LogP contribution < -0.4 is 0 Å². The van der Waals surface area contributed by atoms with E-state index in [9.17, 15) is 10.2 Å². The van der Waals surface area contributed by atoms with Crippen molar-refractivity contribution in [3.63, 3.8) is 0 Å². The van der Waals surface area contributed by atoms with Crippen LogP contribution in [0.5, 0.6) is 11.5 Å². The second kappa shape index (κ2) is 5.91. The van der Waals surface area contributed by atoms with Gasteiger partial charge in [0.25, 0.3) is 0 Å². The number of hydrogen-bond donors (Lipinski definition) is 2. The maximum absolute atomic E-state index is 9.40. The van der Waals surface area contributed by atoms with Crippen LogP contribution in [0, 0.1) is 0 Å². The topological polar surface area (TPSA) is 40.5 Å². The lowest BCUT2D eigenvalue weighted by atomic mass is 9.98. The Morgan fingerprint density at radius 2 is 1.68 bits per heavy atom. The van der Waals surface area contributed by atoms with E-state index in [-0.39, 0.29) is 17.4 Å². The van der Waals surface area contributed by atoms with Crippen molar-refractivity contribution in [3.05, 3.63) is 78.4 Å². The Morgan fingerprint density at radius 1 is 0.947 bits per heavy atom. The molecule has 0 bridgehead atoms. The third-order valence-corrected chi connectivity index (χ3v) is 2.90. The third-order valence-electron chi connectivity index (χ3n) is 2.90. The molecule has 2 aromatic carbocycles. The summed E-state index contributed by atoms with van der Waals surface area (Å²) in [7, 11) is 0. The number of benzene rings is 2. The molecule has 0 aliphatic rings. The molecule has 0 aromatic heterocycles. The molecular weight excluding hydrogens is 236 g/mol. The van der Waals surface area contributed by atoms with Gasteiger partial charge in [-0.05, 0) is 35.4 Å². The first-order valence-electron chi connectivity index (χ1n) is 6.08. The fourth-order valence-corrected chi connectivity index (χ4v) is 1.87. The first-order chi connectivity index (χ1) is 9.19. The summed E-state index contributed by atoms with van der Waals surface area (Å²) in [6, 6.07) is 14.1. The molecule has 1 atom stereocenters. The van der Waals surface area contributed by atoms with E-state index in [2.05, 4.69) is 6.58 Å². The van der Waals surface area contributed by atoms with Gasteiger partial charge in [0.2, 0.25) is 0 Å². The minimum atomic E-state index is 0.0722. The third kappa shape index (κ3) is 3.49. The molecule has 0 fully saturated rings. The van der Waals surface area contributed by atoms with Gasteiger partial charge in [-0.1, -0.05) is 42.5 Å². The highest BCUT2D eigenvalue weighted by Gasteiger charge is 2.03. The normalized spacial score (nSPS) is 12.4. The minimum absolute atomic E-state index is 0.0722. The Kier molecular flexibility index (Phi) is 4.04. The maximum Gasteiger partial charge on any atom is 0.116 e. The van der Waals surface area contributed by atoms with Crippen molar-refractivity contribution >= 4 is 6.08 Å². The average molecular weight is 252 g/mol. The largest absolute Gasteiger partial charge is 0.508 e. The van der Waals surface area contributed by atoms with E-state index in [0.29, 0.717) is 0 Å². The zero-order valence-electron chi connectivity index (χ0n) is 10.5. The van der Waals surface area contributed by atoms with E-state index in [4.69, 9.17) is 0 Å². The number of aromatic hydroxyl groups is 2. The Morgan fingerprint density at radius 3 is 2.32 bits per heavy atom. The van der Waals surface area contributed by atoms with Crippen LogP contribution in [0.2, 0.25) is 0 Å². The molecule has 0 saturated heterocycles. The number of phenolic OH excluding ortho intramolecular Hbond substituents is 2. The van der Waals surface area contributed by atoms with Crippen LogP contribution in [0.1, 0.15) is 17.0 Å². The lowest BCUT2D eigenvalue weighted by Gasteiger charge is -2.08. The second-order valence-electron chi connectivity index (χ2n) is 4.31. The lowest BCUT2D eigenvalue weighted by molar-refractivity contribution is 0.474. The lowest BCUT2D eigenvalue weighted by Crippen LogP contribution is -1.89. The van der Waals surface area contributed by atoms with E-state index in [1.165, 1.54) is 0 Å². The highest BCUT2D eigenvalue weighted by Crippen LogP contribution is 2.22. The van der Waals surface area contributed by atoms with E-state index in [1.807, 2.05) is 36.4 Å². The molecule has 0 amide bonds. The van der Waals surface area contributed by atoms with Gasteiger partial charge in [0, 0.05) is 5.92 Å². The highest BCUT2D eigenvalue weighted by atomic mass is 16.3. The van der Waals surface area contributed by atoms with Crippen molar-refractivity contribution in [2.45, 2.75) is 5.92 Å². The monoisotopic (exact) mass is 252 g/mol. The van der Waals surface area contributed by atoms with Crippen molar-refractivity contribution in [2.24, 2.45) is 0 Å². The SMILES string of the molecule is C=CC(C=Cc1cccc(O)c1)c1ccc(O)cc1. The fraction of sp³-hybridized carbons (Fsp3) is 0.0588. The van der Waals surface area contributed by atoms with E-state index >= 15 is 0 Å². The van der Waals surface area contributed by atoms with E-state index in [0.717, 1.165) is 11.1 Å². The molecule has 2 aromatic rings. The predicted octanol–water partition coefficient (Wildman–Crippen LogP) is 4.08. The van der Waals surface area contributed by atoms with E-state index < -0.39 is 0 Å². The van der Waals surface area contributed by atoms with Crippen LogP contribution in [0.15, 0.2) is 67.3 Å². The van der Waals surface area contributed by atoms with Gasteiger partial charge in [-0.3, -0.25) is 0 Å². The summed E-state index contributed by atoms with van der Waals surface area (Å²) in [5, 5.41) is 18.7. The number of allylic oxidation sites excluding steroid dienone is 2. The van der Waals surface area contributed by atoms with Crippen LogP contribution >= 0.6 is 0 Å². The van der Waals surface area contributed by atoms with Gasteiger partial charge in [-0.2, -0.15) is 0 Å². The number of phenols is 2. The molecule has 96 valence electrons. The average Bonchev–Trinajstić information content (AvgIpc) is 2.41. The summed E-state index contributed by atoms with van der Waals surface area (Å²) < 4.78 is 0. The fourth-order valence-electron chi connectivity index (χ4n) is 1.87. The summed E-state index contributed by atoms with van der Waals surface area (Å²) in [5.74, 6) is 0.577. The van der Waals surface area contributed by atoms with Crippen LogP contribution in [0.4, 0.5) is 0 Å². The number of hydrogen-bond acceptors (Lipinski definition) is 2. The Labute approximate surface area is 113 Å². The summed E-state index contributed by atoms with van der Waals surface area (Å²) in [5.41, 5.74) is 2.00. The zero-order chi connectivity index (χ0) is 13.7. The van der Waals surface area contributed by atoms with Gasteiger partial charge >= 0.3 is 0 Å². The van der Waals surface area contributed by atoms with E-state index in [1.54, 1.807) is 30.3 Å². The minimum Gasteiger partial charge on any atom is -0.508 e. The van der Waals surface area contributed by atoms with Gasteiger partial charge in [-0.25, -0.2) is 0 Å². The second-order valence-corrected chi connectivity index (χ2v) is 4.31. The van der Waals surface area contributed by atoms with Crippen LogP contribution in [-0.2, 0) is 0 Å². The molecule has 19 heavy (non-hydrogen) atoms. The molecule has 2 N–H and O–H groups in total. The van der Waals surface area contributed by atoms with Crippen LogP contribution in [0.3, 0.4) is 0 Å². The summed E-state index contributed by atoms with van der Waals surface area (Å²) >= 11 is 0. The van der Waals surface area contributed by atoms with Gasteiger partial charge in [0.05, 0.1) is 0 Å². The summed E-state index contributed by atoms with van der Waals surface area (Å²) in [6.45, 7) is 3.83. The molecular formula is C17H16O2. The van der Waals surface area contributed by atoms with Crippen molar-refractivity contribution < 1.29 is 10.2 Å². The molecule has 0 aliphatic carbocycles. The summed E-state index contributed by atoms with van der Waals surface area (Å²) in [6.07, 6.45) is 5.79. The van der Waals surface area contributed by atoms with Crippen LogP contribution in [-0.4, -0.2) is 10.2 Å². The standard InChI is InChI=1S/C17H16O2/c1-2-14(15-8-10-16(18)11-9-15)7-6-13-4-3-5-17(19)12-13/h2-12,14,18-19H,1H2. The Hall–Kier alpha value is -2.48. The molecule has 1 unspecified atom stereocenters. The molecule has 2 heteroatoms. The van der Waals surface area contributed by atoms with Crippen molar-refractivity contribution in [3.8, 4) is 11.5 Å². The molecule has 0 aliphatic heterocycles. The predicted molar refractivity (Wildman–Crippen MR) is 78.2 cm³/mol. The molecule has 0 spiro atoms. The molecule has 2 nitrogen and oxygen atoms in total.